The molecule has 24 heavy (non-hydrogen) atoms. The number of amides is 1. The first-order valence-electron chi connectivity index (χ1n) is 9.37. The van der Waals surface area contributed by atoms with Crippen LogP contribution in [0.3, 0.4) is 0 Å². The molecule has 4 heteroatoms. The Kier molecular flexibility index (Phi) is 4.11. The number of nitrogens with one attached hydrogen (secondary N) is 1. The highest BCUT2D eigenvalue weighted by molar-refractivity contribution is 5.79. The number of benzene rings is 1. The minimum atomic E-state index is -0.205. The monoisotopic (exact) mass is 330 g/mol. The quantitative estimate of drug-likeness (QED) is 0.891. The summed E-state index contributed by atoms with van der Waals surface area (Å²) >= 11 is 0. The van der Waals surface area contributed by atoms with Crippen molar-refractivity contribution in [3.05, 3.63) is 35.6 Å². The Morgan fingerprint density at radius 2 is 1.79 bits per heavy atom. The lowest BCUT2D eigenvalue weighted by Crippen LogP contribution is -2.49. The van der Waals surface area contributed by atoms with Crippen LogP contribution in [0.2, 0.25) is 0 Å². The number of hydrogen-bond acceptors (Lipinski definition) is 2. The van der Waals surface area contributed by atoms with Crippen molar-refractivity contribution in [2.24, 2.45) is 23.5 Å². The van der Waals surface area contributed by atoms with Crippen LogP contribution in [-0.2, 0) is 10.2 Å². The van der Waals surface area contributed by atoms with Crippen LogP contribution in [-0.4, -0.2) is 18.5 Å². The summed E-state index contributed by atoms with van der Waals surface area (Å²) in [5, 5.41) is 3.20. The van der Waals surface area contributed by atoms with E-state index in [4.69, 9.17) is 5.73 Å². The molecule has 130 valence electrons. The third-order valence-electron chi connectivity index (χ3n) is 6.69. The average Bonchev–Trinajstić information content (AvgIpc) is 3.34. The molecule has 1 amide bonds. The van der Waals surface area contributed by atoms with Gasteiger partial charge in [0.1, 0.15) is 5.82 Å². The van der Waals surface area contributed by atoms with E-state index in [1.165, 1.54) is 31.4 Å². The van der Waals surface area contributed by atoms with Gasteiger partial charge in [-0.05, 0) is 68.1 Å². The van der Waals surface area contributed by atoms with E-state index in [-0.39, 0.29) is 23.1 Å². The normalized spacial score (nSPS) is 33.8. The van der Waals surface area contributed by atoms with Crippen LogP contribution in [0.15, 0.2) is 24.3 Å². The van der Waals surface area contributed by atoms with Crippen molar-refractivity contribution < 1.29 is 9.18 Å². The highest BCUT2D eigenvalue weighted by Crippen LogP contribution is 2.48. The maximum atomic E-state index is 13.1. The van der Waals surface area contributed by atoms with Crippen molar-refractivity contribution >= 4 is 5.91 Å². The zero-order chi connectivity index (χ0) is 16.7. The van der Waals surface area contributed by atoms with E-state index in [1.807, 2.05) is 12.1 Å². The molecule has 3 N–H and O–H groups in total. The summed E-state index contributed by atoms with van der Waals surface area (Å²) in [6.45, 7) is 0.676. The molecule has 3 aliphatic carbocycles. The van der Waals surface area contributed by atoms with Gasteiger partial charge >= 0.3 is 0 Å². The van der Waals surface area contributed by atoms with E-state index in [9.17, 15) is 9.18 Å². The number of rotatable bonds is 4. The first kappa shape index (κ1) is 16.1. The molecule has 3 saturated carbocycles. The highest BCUT2D eigenvalue weighted by Gasteiger charge is 2.45. The minimum Gasteiger partial charge on any atom is -0.355 e. The van der Waals surface area contributed by atoms with E-state index in [1.54, 1.807) is 0 Å². The molecule has 2 unspecified atom stereocenters. The van der Waals surface area contributed by atoms with Gasteiger partial charge in [-0.25, -0.2) is 4.39 Å². The average molecular weight is 330 g/mol. The number of fused-ring (bicyclic) bond motifs is 2. The molecule has 2 bridgehead atoms. The van der Waals surface area contributed by atoms with Gasteiger partial charge in [-0.2, -0.15) is 0 Å². The lowest BCUT2D eigenvalue weighted by Gasteiger charge is -2.43. The SMILES string of the molecule is NC1C2CCCC1CC(C(=O)NCC1(c3ccc(F)cc3)CC1)C2. The van der Waals surface area contributed by atoms with Crippen LogP contribution in [0, 0.1) is 23.6 Å². The molecule has 1 aromatic rings. The Labute approximate surface area is 143 Å². The van der Waals surface area contributed by atoms with E-state index in [2.05, 4.69) is 5.32 Å². The molecular weight excluding hydrogens is 303 g/mol. The van der Waals surface area contributed by atoms with E-state index in [0.29, 0.717) is 24.4 Å². The molecule has 1 aromatic carbocycles. The van der Waals surface area contributed by atoms with Gasteiger partial charge in [0, 0.05) is 23.9 Å². The van der Waals surface area contributed by atoms with Gasteiger partial charge < -0.3 is 11.1 Å². The van der Waals surface area contributed by atoms with Crippen LogP contribution in [0.5, 0.6) is 0 Å². The molecule has 2 atom stereocenters. The Balaban J connectivity index is 1.36. The third-order valence-corrected chi connectivity index (χ3v) is 6.69. The Morgan fingerprint density at radius 1 is 1.17 bits per heavy atom. The van der Waals surface area contributed by atoms with E-state index in [0.717, 1.165) is 31.2 Å². The van der Waals surface area contributed by atoms with Crippen LogP contribution in [0.25, 0.3) is 0 Å². The number of nitrogens with two attached hydrogens (primary N) is 1. The highest BCUT2D eigenvalue weighted by atomic mass is 19.1. The molecule has 0 aromatic heterocycles. The standard InChI is InChI=1S/C20H27FN2O/c21-17-6-4-16(5-7-17)20(8-9-20)12-23-19(24)15-10-13-2-1-3-14(11-15)18(13)22/h4-7,13-15,18H,1-3,8-12,22H2,(H,23,24). The van der Waals surface area contributed by atoms with E-state index >= 15 is 0 Å². The van der Waals surface area contributed by atoms with Crippen LogP contribution < -0.4 is 11.1 Å². The molecule has 0 spiro atoms. The largest absolute Gasteiger partial charge is 0.355 e. The van der Waals surface area contributed by atoms with Crippen molar-refractivity contribution in [2.75, 3.05) is 6.54 Å². The van der Waals surface area contributed by atoms with Crippen molar-refractivity contribution in [1.29, 1.82) is 0 Å². The Bertz CT molecular complexity index is 597. The number of hydrogen-bond donors (Lipinski definition) is 2. The predicted octanol–water partition coefficient (Wildman–Crippen LogP) is 3.13. The topological polar surface area (TPSA) is 55.1 Å². The molecule has 4 rings (SSSR count). The smallest absolute Gasteiger partial charge is 0.223 e. The molecule has 3 aliphatic rings. The first-order chi connectivity index (χ1) is 11.6. The van der Waals surface area contributed by atoms with Gasteiger partial charge in [0.15, 0.2) is 0 Å². The van der Waals surface area contributed by atoms with Gasteiger partial charge in [0.2, 0.25) is 5.91 Å². The molecular formula is C20H27FN2O. The lowest BCUT2D eigenvalue weighted by molar-refractivity contribution is -0.128. The second-order valence-electron chi connectivity index (χ2n) is 8.20. The summed E-state index contributed by atoms with van der Waals surface area (Å²) in [7, 11) is 0. The lowest BCUT2D eigenvalue weighted by atomic mass is 9.65. The first-order valence-corrected chi connectivity index (χ1v) is 9.37. The minimum absolute atomic E-state index is 0.0320. The number of carbonyl (C=O) groups is 1. The summed E-state index contributed by atoms with van der Waals surface area (Å²) in [5.74, 6) is 1.18. The predicted molar refractivity (Wildman–Crippen MR) is 91.9 cm³/mol. The van der Waals surface area contributed by atoms with Gasteiger partial charge in [0.05, 0.1) is 0 Å². The van der Waals surface area contributed by atoms with Crippen molar-refractivity contribution in [3.63, 3.8) is 0 Å². The summed E-state index contributed by atoms with van der Waals surface area (Å²) in [5.41, 5.74) is 7.50. The fraction of sp³-hybridized carbons (Fsp3) is 0.650. The number of halogens is 1. The summed E-state index contributed by atoms with van der Waals surface area (Å²) in [6, 6.07) is 7.05. The second-order valence-corrected chi connectivity index (χ2v) is 8.20. The zero-order valence-corrected chi connectivity index (χ0v) is 14.1. The molecule has 3 nitrogen and oxygen atoms in total. The van der Waals surface area contributed by atoms with Crippen LogP contribution in [0.4, 0.5) is 4.39 Å². The molecule has 0 heterocycles. The van der Waals surface area contributed by atoms with Gasteiger partial charge in [-0.3, -0.25) is 4.79 Å². The van der Waals surface area contributed by atoms with Crippen LogP contribution >= 0.6 is 0 Å². The van der Waals surface area contributed by atoms with Crippen molar-refractivity contribution in [1.82, 2.24) is 5.32 Å². The van der Waals surface area contributed by atoms with Gasteiger partial charge in [-0.1, -0.05) is 18.6 Å². The number of carbonyl (C=O) groups excluding carboxylic acids is 1. The third kappa shape index (κ3) is 2.97. The summed E-state index contributed by atoms with van der Waals surface area (Å²) in [4.78, 5) is 12.7. The van der Waals surface area contributed by atoms with E-state index < -0.39 is 0 Å². The molecule has 0 radical (unpaired) electrons. The molecule has 0 aliphatic heterocycles. The van der Waals surface area contributed by atoms with Gasteiger partial charge in [-0.15, -0.1) is 0 Å². The van der Waals surface area contributed by atoms with Crippen LogP contribution in [0.1, 0.15) is 50.5 Å². The molecule has 3 fully saturated rings. The molecule has 0 saturated heterocycles. The maximum Gasteiger partial charge on any atom is 0.223 e. The summed E-state index contributed by atoms with van der Waals surface area (Å²) < 4.78 is 13.1. The second kappa shape index (κ2) is 6.14. The Morgan fingerprint density at radius 3 is 2.38 bits per heavy atom. The van der Waals surface area contributed by atoms with Crippen molar-refractivity contribution in [2.45, 2.75) is 56.4 Å². The Hall–Kier alpha value is -1.42. The zero-order valence-electron chi connectivity index (χ0n) is 14.1. The van der Waals surface area contributed by atoms with Crippen molar-refractivity contribution in [3.8, 4) is 0 Å². The summed E-state index contributed by atoms with van der Waals surface area (Å²) in [6.07, 6.45) is 7.67. The fourth-order valence-corrected chi connectivity index (χ4v) is 4.93. The fourth-order valence-electron chi connectivity index (χ4n) is 4.93. The van der Waals surface area contributed by atoms with Gasteiger partial charge in [0.25, 0.3) is 0 Å². The maximum absolute atomic E-state index is 13.1.